The minimum atomic E-state index is -2.85. The van der Waals surface area contributed by atoms with Crippen LogP contribution in [-0.4, -0.2) is 53.5 Å². The van der Waals surface area contributed by atoms with Crippen LogP contribution in [0.5, 0.6) is 5.75 Å². The van der Waals surface area contributed by atoms with Gasteiger partial charge in [-0.3, -0.25) is 9.69 Å². The number of nitrogens with zero attached hydrogens (tertiary/aromatic N) is 1. The highest BCUT2D eigenvalue weighted by molar-refractivity contribution is 5.87. The molecule has 1 aliphatic heterocycles. The molecule has 1 heterocycles. The number of likely N-dealkylation sites (tertiary alicyclic amines) is 1. The van der Waals surface area contributed by atoms with Gasteiger partial charge in [0.1, 0.15) is 12.4 Å². The lowest BCUT2D eigenvalue weighted by atomic mass is 9.97. The molecule has 1 saturated heterocycles. The number of alkyl halides is 2. The lowest BCUT2D eigenvalue weighted by molar-refractivity contribution is -0.136. The monoisotopic (exact) mass is 432 g/mol. The Hall–Kier alpha value is -3.00. The molecule has 2 N–H and O–H groups in total. The number of rotatable bonds is 8. The summed E-state index contributed by atoms with van der Waals surface area (Å²) in [6.07, 6.45) is -0.294. The van der Waals surface area contributed by atoms with Crippen molar-refractivity contribution in [2.45, 2.75) is 37.8 Å². The third-order valence-electron chi connectivity index (χ3n) is 5.37. The predicted molar refractivity (Wildman–Crippen MR) is 111 cm³/mol. The standard InChI is InChI=1S/C23H26F2N2O4/c1-16(17-7-9-18(10-8-17)22(29)30)26-21(28)20-11-12-23(24,25)15-27(20)13-14-31-19-5-3-2-4-6-19/h2-10,16,20H,11-15H2,1H3,(H,26,28)(H,29,30)/t16-,20+/m0/s1. The summed E-state index contributed by atoms with van der Waals surface area (Å²) < 4.78 is 33.6. The molecule has 0 radical (unpaired) electrons. The topological polar surface area (TPSA) is 78.9 Å². The van der Waals surface area contributed by atoms with Crippen molar-refractivity contribution in [2.75, 3.05) is 19.7 Å². The number of carbonyl (C=O) groups is 2. The van der Waals surface area contributed by atoms with Gasteiger partial charge in [-0.1, -0.05) is 30.3 Å². The maximum atomic E-state index is 14.0. The molecule has 0 aliphatic carbocycles. The van der Waals surface area contributed by atoms with Crippen LogP contribution in [0.1, 0.15) is 41.7 Å². The van der Waals surface area contributed by atoms with Gasteiger partial charge in [-0.15, -0.1) is 0 Å². The Bertz CT molecular complexity index is 890. The van der Waals surface area contributed by atoms with Gasteiger partial charge in [-0.2, -0.15) is 0 Å². The molecule has 1 fully saturated rings. The van der Waals surface area contributed by atoms with Gasteiger partial charge in [0.15, 0.2) is 0 Å². The number of aromatic carboxylic acids is 1. The molecule has 31 heavy (non-hydrogen) atoms. The zero-order valence-electron chi connectivity index (χ0n) is 17.3. The Morgan fingerprint density at radius 1 is 1.19 bits per heavy atom. The maximum absolute atomic E-state index is 14.0. The number of hydrogen-bond acceptors (Lipinski definition) is 4. The van der Waals surface area contributed by atoms with E-state index >= 15 is 0 Å². The fourth-order valence-corrected chi connectivity index (χ4v) is 3.65. The quantitative estimate of drug-likeness (QED) is 0.665. The minimum Gasteiger partial charge on any atom is -0.492 e. The highest BCUT2D eigenvalue weighted by Gasteiger charge is 2.42. The molecule has 0 aromatic heterocycles. The molecule has 1 amide bonds. The number of nitrogens with one attached hydrogen (secondary N) is 1. The van der Waals surface area contributed by atoms with Gasteiger partial charge in [0.25, 0.3) is 5.92 Å². The van der Waals surface area contributed by atoms with Crippen molar-refractivity contribution in [2.24, 2.45) is 0 Å². The summed E-state index contributed by atoms with van der Waals surface area (Å²) in [5, 5.41) is 11.9. The summed E-state index contributed by atoms with van der Waals surface area (Å²) >= 11 is 0. The van der Waals surface area contributed by atoms with E-state index in [1.807, 2.05) is 18.2 Å². The zero-order valence-corrected chi connectivity index (χ0v) is 17.3. The molecule has 1 aliphatic rings. The summed E-state index contributed by atoms with van der Waals surface area (Å²) in [5.74, 6) is -3.56. The summed E-state index contributed by atoms with van der Waals surface area (Å²) in [6.45, 7) is 1.67. The van der Waals surface area contributed by atoms with E-state index in [4.69, 9.17) is 9.84 Å². The number of halogens is 2. The van der Waals surface area contributed by atoms with E-state index in [0.717, 1.165) is 5.56 Å². The number of ether oxygens (including phenoxy) is 1. The first-order valence-corrected chi connectivity index (χ1v) is 10.2. The number of hydrogen-bond donors (Lipinski definition) is 2. The molecular formula is C23H26F2N2O4. The molecule has 0 spiro atoms. The van der Waals surface area contributed by atoms with Crippen molar-refractivity contribution in [1.29, 1.82) is 0 Å². The molecular weight excluding hydrogens is 406 g/mol. The third-order valence-corrected chi connectivity index (χ3v) is 5.37. The fourth-order valence-electron chi connectivity index (χ4n) is 3.65. The number of carboxylic acid groups (broad SMARTS) is 1. The highest BCUT2D eigenvalue weighted by atomic mass is 19.3. The van der Waals surface area contributed by atoms with Crippen LogP contribution in [0.3, 0.4) is 0 Å². The Balaban J connectivity index is 1.61. The summed E-state index contributed by atoms with van der Waals surface area (Å²) in [6, 6.07) is 14.2. The first-order valence-electron chi connectivity index (χ1n) is 10.2. The van der Waals surface area contributed by atoms with E-state index in [1.165, 1.54) is 17.0 Å². The van der Waals surface area contributed by atoms with Crippen molar-refractivity contribution in [3.63, 3.8) is 0 Å². The second-order valence-corrected chi connectivity index (χ2v) is 7.70. The minimum absolute atomic E-state index is 0.0504. The number of carboxylic acids is 1. The summed E-state index contributed by atoms with van der Waals surface area (Å²) in [5.41, 5.74) is 0.889. The van der Waals surface area contributed by atoms with Crippen molar-refractivity contribution in [1.82, 2.24) is 10.2 Å². The lowest BCUT2D eigenvalue weighted by Crippen LogP contribution is -2.56. The largest absolute Gasteiger partial charge is 0.492 e. The van der Waals surface area contributed by atoms with Crippen LogP contribution in [0.15, 0.2) is 54.6 Å². The molecule has 0 saturated carbocycles. The first kappa shape index (κ1) is 22.7. The van der Waals surface area contributed by atoms with Gasteiger partial charge in [0, 0.05) is 13.0 Å². The second-order valence-electron chi connectivity index (χ2n) is 7.70. The number of carbonyl (C=O) groups excluding carboxylic acids is 1. The summed E-state index contributed by atoms with van der Waals surface area (Å²) in [4.78, 5) is 25.3. The number of para-hydroxylation sites is 1. The molecule has 2 atom stereocenters. The van der Waals surface area contributed by atoms with Crippen LogP contribution in [-0.2, 0) is 4.79 Å². The van der Waals surface area contributed by atoms with Gasteiger partial charge in [0.2, 0.25) is 5.91 Å². The van der Waals surface area contributed by atoms with Crippen molar-refractivity contribution in [3.05, 3.63) is 65.7 Å². The van der Waals surface area contributed by atoms with Crippen LogP contribution < -0.4 is 10.1 Å². The maximum Gasteiger partial charge on any atom is 0.335 e. The Kier molecular flexibility index (Phi) is 7.22. The molecule has 6 nitrogen and oxygen atoms in total. The van der Waals surface area contributed by atoms with Gasteiger partial charge in [0.05, 0.1) is 24.2 Å². The van der Waals surface area contributed by atoms with E-state index in [2.05, 4.69) is 5.32 Å². The zero-order chi connectivity index (χ0) is 22.4. The molecule has 0 unspecified atom stereocenters. The molecule has 2 aromatic carbocycles. The van der Waals surface area contributed by atoms with E-state index in [0.29, 0.717) is 5.75 Å². The van der Waals surface area contributed by atoms with Crippen LogP contribution >= 0.6 is 0 Å². The second kappa shape index (κ2) is 9.87. The van der Waals surface area contributed by atoms with Crippen LogP contribution in [0, 0.1) is 0 Å². The Labute approximate surface area is 179 Å². The van der Waals surface area contributed by atoms with Gasteiger partial charge in [-0.25, -0.2) is 13.6 Å². The van der Waals surface area contributed by atoms with Crippen molar-refractivity contribution >= 4 is 11.9 Å². The Morgan fingerprint density at radius 2 is 1.87 bits per heavy atom. The number of amides is 1. The molecule has 3 rings (SSSR count). The average Bonchev–Trinajstić information content (AvgIpc) is 2.74. The van der Waals surface area contributed by atoms with E-state index < -0.39 is 24.5 Å². The molecule has 0 bridgehead atoms. The van der Waals surface area contributed by atoms with Gasteiger partial charge < -0.3 is 15.2 Å². The smallest absolute Gasteiger partial charge is 0.335 e. The first-order chi connectivity index (χ1) is 14.7. The third kappa shape index (κ3) is 6.24. The van der Waals surface area contributed by atoms with Gasteiger partial charge in [-0.05, 0) is 43.2 Å². The normalized spacial score (nSPS) is 19.4. The van der Waals surface area contributed by atoms with E-state index in [9.17, 15) is 18.4 Å². The Morgan fingerprint density at radius 3 is 2.52 bits per heavy atom. The number of piperidine rings is 1. The molecule has 2 aromatic rings. The predicted octanol–water partition coefficient (Wildman–Crippen LogP) is 3.74. The van der Waals surface area contributed by atoms with E-state index in [-0.39, 0.29) is 43.5 Å². The number of benzene rings is 2. The highest BCUT2D eigenvalue weighted by Crippen LogP contribution is 2.30. The lowest BCUT2D eigenvalue weighted by Gasteiger charge is -2.38. The van der Waals surface area contributed by atoms with Crippen LogP contribution in [0.2, 0.25) is 0 Å². The van der Waals surface area contributed by atoms with Gasteiger partial charge >= 0.3 is 5.97 Å². The van der Waals surface area contributed by atoms with E-state index in [1.54, 1.807) is 31.2 Å². The van der Waals surface area contributed by atoms with Crippen LogP contribution in [0.25, 0.3) is 0 Å². The molecule has 166 valence electrons. The van der Waals surface area contributed by atoms with Crippen molar-refractivity contribution in [3.8, 4) is 5.75 Å². The van der Waals surface area contributed by atoms with Crippen LogP contribution in [0.4, 0.5) is 8.78 Å². The average molecular weight is 432 g/mol. The fraction of sp³-hybridized carbons (Fsp3) is 0.391. The summed E-state index contributed by atoms with van der Waals surface area (Å²) in [7, 11) is 0. The van der Waals surface area contributed by atoms with Crippen molar-refractivity contribution < 1.29 is 28.2 Å². The SMILES string of the molecule is C[C@H](NC(=O)[C@H]1CCC(F)(F)CN1CCOc1ccccc1)c1ccc(C(=O)O)cc1. The molecule has 8 heteroatoms.